The fraction of sp³-hybridized carbons (Fsp3) is 0.0149. The molecule has 0 aliphatic rings. The van der Waals surface area contributed by atoms with Gasteiger partial charge in [-0.3, -0.25) is 4.57 Å². The van der Waals surface area contributed by atoms with E-state index in [4.69, 9.17) is 20.7 Å². The molecule has 0 N–H and O–H groups in total. The second-order valence-corrected chi connectivity index (χ2v) is 17.8. The Morgan fingerprint density at radius 2 is 1.11 bits per heavy atom. The summed E-state index contributed by atoms with van der Waals surface area (Å²) in [6, 6.07) is 73.6. The van der Waals surface area contributed by atoms with E-state index >= 15 is 0 Å². The van der Waals surface area contributed by atoms with Crippen molar-refractivity contribution in [2.45, 2.75) is 6.85 Å². The molecule has 0 aliphatic heterocycles. The van der Waals surface area contributed by atoms with Gasteiger partial charge in [-0.1, -0.05) is 181 Å². The Bertz CT molecular complexity index is 4720. The van der Waals surface area contributed by atoms with Crippen LogP contribution in [0, 0.1) is 25.3 Å². The van der Waals surface area contributed by atoms with Crippen molar-refractivity contribution in [1.29, 1.82) is 0 Å². The van der Waals surface area contributed by atoms with E-state index in [1.807, 2.05) is 95.6 Å². The topological polar surface area (TPSA) is 40.8 Å². The van der Waals surface area contributed by atoms with Crippen molar-refractivity contribution in [3.63, 3.8) is 0 Å². The predicted molar refractivity (Wildman–Crippen MR) is 295 cm³/mol. The van der Waals surface area contributed by atoms with Crippen LogP contribution in [0.2, 0.25) is 0 Å². The molecule has 0 saturated heterocycles. The number of hydrogen-bond acceptors (Lipinski definition) is 2. The summed E-state index contributed by atoms with van der Waals surface area (Å²) >= 11 is 0. The largest absolute Gasteiger partial charge is 0.510 e. The summed E-state index contributed by atoms with van der Waals surface area (Å²) < 4.78 is 83.4. The van der Waals surface area contributed by atoms with Crippen LogP contribution in [0.5, 0.6) is 11.5 Å². The number of nitrogens with zero attached hydrogens (tertiary/aromatic N) is 5. The molecule has 7 heteroatoms. The SMILES string of the molecule is [2H]c1c([2H])c([2H])c(-c2cnc(-n3c4[c-]c(Oc5[c-]c(-n6[c-][n+](-c7cc(-c8ccccc8)cc(-c8ccccc8)c7)c7ccccc76)cc(-n6c7ccccc7c7ccccc76)c5)ccc4c4ccccc43)cc2C([2H])([2H])[2H])c([2H])c1[2H].[Pt]. The summed E-state index contributed by atoms with van der Waals surface area (Å²) in [5, 5.41) is 3.82. The number of ether oxygens (including phenoxy) is 1. The van der Waals surface area contributed by atoms with Gasteiger partial charge in [0.25, 0.3) is 6.33 Å². The van der Waals surface area contributed by atoms with E-state index in [0.717, 1.165) is 77.2 Å². The molecule has 0 radical (unpaired) electrons. The maximum absolute atomic E-state index is 8.71. The average molecular weight is 1140 g/mol. The van der Waals surface area contributed by atoms with E-state index in [1.54, 1.807) is 4.57 Å². The molecule has 6 nitrogen and oxygen atoms in total. The number of rotatable bonds is 9. The number of aryl methyl sites for hydroxylation is 1. The van der Waals surface area contributed by atoms with Crippen LogP contribution in [0.3, 0.4) is 0 Å². The minimum atomic E-state index is -2.78. The zero-order chi connectivity index (χ0) is 55.3. The van der Waals surface area contributed by atoms with Gasteiger partial charge in [0.1, 0.15) is 5.82 Å². The zero-order valence-electron chi connectivity index (χ0n) is 47.2. The number of aromatic nitrogens is 5. The van der Waals surface area contributed by atoms with E-state index in [0.29, 0.717) is 28.2 Å². The van der Waals surface area contributed by atoms with Gasteiger partial charge in [0, 0.05) is 64.7 Å². The van der Waals surface area contributed by atoms with Gasteiger partial charge < -0.3 is 18.4 Å². The number of hydrogen-bond donors (Lipinski definition) is 0. The van der Waals surface area contributed by atoms with E-state index < -0.39 is 37.1 Å². The van der Waals surface area contributed by atoms with Crippen LogP contribution in [0.1, 0.15) is 16.5 Å². The van der Waals surface area contributed by atoms with Gasteiger partial charge in [-0.05, 0) is 93.8 Å². The third-order valence-corrected chi connectivity index (χ3v) is 13.5. The molecule has 0 unspecified atom stereocenters. The van der Waals surface area contributed by atoms with Gasteiger partial charge in [-0.25, -0.2) is 4.98 Å². The van der Waals surface area contributed by atoms with Crippen molar-refractivity contribution in [3.8, 4) is 67.8 Å². The second kappa shape index (κ2) is 18.5. The summed E-state index contributed by atoms with van der Waals surface area (Å²) in [5.74, 6) is 0.929. The molecule has 0 fully saturated rings. The van der Waals surface area contributed by atoms with Crippen LogP contribution in [0.15, 0.2) is 243 Å². The predicted octanol–water partition coefficient (Wildman–Crippen LogP) is 16.0. The molecule has 10 aromatic carbocycles. The molecule has 4 heterocycles. The molecule has 0 atom stereocenters. The molecule has 0 aliphatic carbocycles. The molecule has 14 aromatic rings. The molecule has 4 aromatic heterocycles. The molecule has 354 valence electrons. The first-order chi connectivity index (χ1) is 39.4. The van der Waals surface area contributed by atoms with Crippen LogP contribution in [-0.4, -0.2) is 18.7 Å². The smallest absolute Gasteiger partial charge is 0.268 e. The second-order valence-electron chi connectivity index (χ2n) is 17.8. The zero-order valence-corrected chi connectivity index (χ0v) is 41.4. The van der Waals surface area contributed by atoms with Crippen molar-refractivity contribution in [2.75, 3.05) is 0 Å². The Hall–Kier alpha value is -9.09. The standard InChI is InChI=1S/C67H43N5O.Pt/c1-45-35-67(68-43-60(45)48-23-9-4-10-24-48)72-63-30-16-13-27-58(63)59-34-33-54(42-66(59)72)73-55-40-52(39-53(41-55)71-61-28-14-11-25-56(61)57-26-12-15-29-62(57)71)70-44-69(64-31-17-18-32-65(64)70)51-37-49(46-19-5-2-6-20-46)36-50(38-51)47-21-7-3-8-22-47;/h2-39,41,43H,1H3;/q-2;/i1D3,4D,9D,10D,23D,24D;. The summed E-state index contributed by atoms with van der Waals surface area (Å²) in [7, 11) is 0. The Balaban J connectivity index is 0.00000631. The first-order valence-corrected chi connectivity index (χ1v) is 23.9. The fourth-order valence-electron chi connectivity index (χ4n) is 10.2. The minimum absolute atomic E-state index is 0. The van der Waals surface area contributed by atoms with E-state index in [9.17, 15) is 0 Å². The number of pyridine rings is 1. The molecule has 0 spiro atoms. The third kappa shape index (κ3) is 7.70. The number of para-hydroxylation sites is 5. The van der Waals surface area contributed by atoms with E-state index in [2.05, 4.69) is 137 Å². The van der Waals surface area contributed by atoms with Gasteiger partial charge in [-0.15, -0.1) is 35.7 Å². The van der Waals surface area contributed by atoms with Gasteiger partial charge in [-0.2, -0.15) is 6.07 Å². The molecule has 0 amide bonds. The first-order valence-electron chi connectivity index (χ1n) is 27.9. The first kappa shape index (κ1) is 36.8. The number of imidazole rings is 1. The Kier molecular flexibility index (Phi) is 9.20. The minimum Gasteiger partial charge on any atom is -0.510 e. The number of benzene rings is 10. The van der Waals surface area contributed by atoms with Gasteiger partial charge in [0.2, 0.25) is 0 Å². The van der Waals surface area contributed by atoms with Gasteiger partial charge >= 0.3 is 0 Å². The Morgan fingerprint density at radius 3 is 1.77 bits per heavy atom. The monoisotopic (exact) mass is 1140 g/mol. The van der Waals surface area contributed by atoms with Crippen LogP contribution in [0.4, 0.5) is 0 Å². The molecule has 74 heavy (non-hydrogen) atoms. The summed E-state index contributed by atoms with van der Waals surface area (Å²) in [6.07, 6.45) is 5.03. The van der Waals surface area contributed by atoms with Crippen LogP contribution < -0.4 is 9.30 Å². The van der Waals surface area contributed by atoms with Gasteiger partial charge in [0.05, 0.1) is 34.6 Å². The van der Waals surface area contributed by atoms with Crippen molar-refractivity contribution in [1.82, 2.24) is 18.7 Å². The number of fused-ring (bicyclic) bond motifs is 7. The quantitative estimate of drug-likeness (QED) is 0.107. The van der Waals surface area contributed by atoms with Crippen LogP contribution in [-0.2, 0) is 21.1 Å². The molecule has 14 rings (SSSR count). The van der Waals surface area contributed by atoms with E-state index in [1.165, 1.54) is 12.3 Å². The Morgan fingerprint density at radius 1 is 0.514 bits per heavy atom. The Labute approximate surface area is 453 Å². The third-order valence-electron chi connectivity index (χ3n) is 13.5. The molecular formula is C67H43N5OPt-2. The van der Waals surface area contributed by atoms with Gasteiger partial charge in [0.15, 0.2) is 0 Å². The van der Waals surface area contributed by atoms with Crippen molar-refractivity contribution < 1.29 is 41.3 Å². The normalized spacial score (nSPS) is 13.2. The summed E-state index contributed by atoms with van der Waals surface area (Å²) in [5.41, 5.74) is 11.2. The van der Waals surface area contributed by atoms with Crippen molar-refractivity contribution >= 4 is 54.6 Å². The fourth-order valence-corrected chi connectivity index (χ4v) is 10.2. The summed E-state index contributed by atoms with van der Waals surface area (Å²) in [6.45, 7) is -2.78. The van der Waals surface area contributed by atoms with E-state index in [-0.39, 0.29) is 43.6 Å². The molecular weight excluding hydrogens is 1090 g/mol. The van der Waals surface area contributed by atoms with Crippen LogP contribution in [0.25, 0.3) is 111 Å². The average Bonchev–Trinajstić information content (AvgIpc) is 4.36. The van der Waals surface area contributed by atoms with Crippen molar-refractivity contribution in [2.24, 2.45) is 0 Å². The molecule has 0 bridgehead atoms. The molecule has 0 saturated carbocycles. The van der Waals surface area contributed by atoms with Crippen molar-refractivity contribution in [3.05, 3.63) is 267 Å². The maximum Gasteiger partial charge on any atom is 0.268 e. The summed E-state index contributed by atoms with van der Waals surface area (Å²) in [4.78, 5) is 4.77. The maximum atomic E-state index is 8.71. The van der Waals surface area contributed by atoms with Crippen LogP contribution >= 0.6 is 0 Å².